The highest BCUT2D eigenvalue weighted by Crippen LogP contribution is 2.38. The van der Waals surface area contributed by atoms with Crippen LogP contribution in [-0.2, 0) is 4.74 Å². The Bertz CT molecular complexity index is 967. The molecule has 0 spiro atoms. The predicted molar refractivity (Wildman–Crippen MR) is 126 cm³/mol. The molecule has 1 unspecified atom stereocenters. The summed E-state index contributed by atoms with van der Waals surface area (Å²) in [6, 6.07) is 11.3. The third-order valence-corrected chi connectivity index (χ3v) is 6.95. The number of nitrogens with zero attached hydrogens (tertiary/aromatic N) is 2. The van der Waals surface area contributed by atoms with E-state index >= 15 is 0 Å². The van der Waals surface area contributed by atoms with Gasteiger partial charge in [0, 0.05) is 37.5 Å². The van der Waals surface area contributed by atoms with Gasteiger partial charge in [-0.2, -0.15) is 0 Å². The van der Waals surface area contributed by atoms with E-state index in [2.05, 4.69) is 22.1 Å². The van der Waals surface area contributed by atoms with E-state index in [1.807, 2.05) is 30.3 Å². The van der Waals surface area contributed by atoms with Crippen LogP contribution >= 0.6 is 0 Å². The summed E-state index contributed by atoms with van der Waals surface area (Å²) >= 11 is 0. The molecule has 1 saturated carbocycles. The minimum atomic E-state index is -1.06. The highest BCUT2D eigenvalue weighted by molar-refractivity contribution is 6.10. The quantitative estimate of drug-likeness (QED) is 0.507. The van der Waals surface area contributed by atoms with Gasteiger partial charge in [0.05, 0.1) is 17.4 Å². The van der Waals surface area contributed by atoms with E-state index in [1.54, 1.807) is 13.2 Å². The van der Waals surface area contributed by atoms with Crippen LogP contribution in [0.1, 0.15) is 55.1 Å². The van der Waals surface area contributed by atoms with Gasteiger partial charge in [0.2, 0.25) is 0 Å². The molecule has 1 aromatic carbocycles. The lowest BCUT2D eigenvalue weighted by Gasteiger charge is -2.38. The lowest BCUT2D eigenvalue weighted by Crippen LogP contribution is -2.39. The van der Waals surface area contributed by atoms with E-state index in [1.165, 1.54) is 0 Å². The van der Waals surface area contributed by atoms with Crippen LogP contribution in [0, 0.1) is 17.2 Å². The highest BCUT2D eigenvalue weighted by Gasteiger charge is 2.32. The first kappa shape index (κ1) is 22.3. The molecule has 0 amide bonds. The van der Waals surface area contributed by atoms with E-state index in [0.29, 0.717) is 17.4 Å². The summed E-state index contributed by atoms with van der Waals surface area (Å²) in [6.07, 6.45) is 5.26. The molecule has 7 heteroatoms. The molecule has 0 radical (unpaired) electrons. The van der Waals surface area contributed by atoms with Crippen molar-refractivity contribution in [1.82, 2.24) is 4.98 Å². The summed E-state index contributed by atoms with van der Waals surface area (Å²) in [5, 5.41) is 22.1. The van der Waals surface area contributed by atoms with Gasteiger partial charge in [0.25, 0.3) is 0 Å². The number of aromatic carboxylic acids is 1. The molecule has 1 aromatic heterocycles. The molecule has 2 fully saturated rings. The van der Waals surface area contributed by atoms with E-state index in [4.69, 9.17) is 10.1 Å². The second-order valence-corrected chi connectivity index (χ2v) is 8.85. The van der Waals surface area contributed by atoms with E-state index < -0.39 is 5.97 Å². The SMILES string of the molecule is COC(C)C1CCN(c2cc(C(=O)O)nc(Nc3ccccc3)c2C(=N)C2CCC2)CC1. The average molecular weight is 437 g/mol. The molecule has 170 valence electrons. The molecule has 2 aromatic rings. The van der Waals surface area contributed by atoms with Gasteiger partial charge in [-0.25, -0.2) is 9.78 Å². The second-order valence-electron chi connectivity index (χ2n) is 8.85. The van der Waals surface area contributed by atoms with Gasteiger partial charge in [0.1, 0.15) is 5.82 Å². The Hall–Kier alpha value is -2.93. The number of ether oxygens (including phenoxy) is 1. The number of carboxylic acids is 1. The molecule has 4 rings (SSSR count). The second kappa shape index (κ2) is 9.69. The first-order valence-corrected chi connectivity index (χ1v) is 11.4. The molecule has 7 nitrogen and oxygen atoms in total. The van der Waals surface area contributed by atoms with Crippen molar-refractivity contribution >= 4 is 28.9 Å². The van der Waals surface area contributed by atoms with Gasteiger partial charge in [0.15, 0.2) is 5.69 Å². The lowest BCUT2D eigenvalue weighted by atomic mass is 9.78. The van der Waals surface area contributed by atoms with Crippen LogP contribution in [0.4, 0.5) is 17.2 Å². The van der Waals surface area contributed by atoms with Gasteiger partial charge < -0.3 is 25.5 Å². The lowest BCUT2D eigenvalue weighted by molar-refractivity contribution is 0.0564. The van der Waals surface area contributed by atoms with Crippen LogP contribution in [0.2, 0.25) is 0 Å². The Kier molecular flexibility index (Phi) is 6.74. The Balaban J connectivity index is 1.74. The summed E-state index contributed by atoms with van der Waals surface area (Å²) in [5.41, 5.74) is 2.92. The maximum atomic E-state index is 11.9. The minimum Gasteiger partial charge on any atom is -0.477 e. The molecular formula is C25H32N4O3. The van der Waals surface area contributed by atoms with Crippen LogP contribution in [0.25, 0.3) is 0 Å². The van der Waals surface area contributed by atoms with Crippen molar-refractivity contribution in [1.29, 1.82) is 5.41 Å². The summed E-state index contributed by atoms with van der Waals surface area (Å²) in [4.78, 5) is 18.6. The number of piperidine rings is 1. The summed E-state index contributed by atoms with van der Waals surface area (Å²) < 4.78 is 5.53. The number of pyridine rings is 1. The Labute approximate surface area is 189 Å². The predicted octanol–water partition coefficient (Wildman–Crippen LogP) is 4.94. The van der Waals surface area contributed by atoms with Crippen LogP contribution in [0.5, 0.6) is 0 Å². The monoisotopic (exact) mass is 436 g/mol. The first-order valence-electron chi connectivity index (χ1n) is 11.4. The largest absolute Gasteiger partial charge is 0.477 e. The summed E-state index contributed by atoms with van der Waals surface area (Å²) in [7, 11) is 1.75. The molecule has 3 N–H and O–H groups in total. The number of carbonyl (C=O) groups is 1. The topological polar surface area (TPSA) is 98.5 Å². The number of aromatic nitrogens is 1. The molecule has 1 aliphatic heterocycles. The van der Waals surface area contributed by atoms with Crippen molar-refractivity contribution in [2.75, 3.05) is 30.4 Å². The highest BCUT2D eigenvalue weighted by atomic mass is 16.5. The average Bonchev–Trinajstić information content (AvgIpc) is 2.77. The number of benzene rings is 1. The van der Waals surface area contributed by atoms with Gasteiger partial charge in [-0.05, 0) is 56.7 Å². The van der Waals surface area contributed by atoms with E-state index in [9.17, 15) is 9.90 Å². The molecule has 2 heterocycles. The Morgan fingerprint density at radius 2 is 1.91 bits per heavy atom. The zero-order chi connectivity index (χ0) is 22.7. The molecule has 1 atom stereocenters. The van der Waals surface area contributed by atoms with Crippen molar-refractivity contribution in [2.45, 2.75) is 45.1 Å². The van der Waals surface area contributed by atoms with Crippen molar-refractivity contribution in [2.24, 2.45) is 11.8 Å². The first-order chi connectivity index (χ1) is 15.5. The van der Waals surface area contributed by atoms with Crippen molar-refractivity contribution in [3.05, 3.63) is 47.7 Å². The van der Waals surface area contributed by atoms with E-state index in [-0.39, 0.29) is 17.7 Å². The maximum absolute atomic E-state index is 11.9. The number of hydrogen-bond donors (Lipinski definition) is 3. The Morgan fingerprint density at radius 3 is 2.47 bits per heavy atom. The van der Waals surface area contributed by atoms with Crippen molar-refractivity contribution < 1.29 is 14.6 Å². The van der Waals surface area contributed by atoms with Crippen LogP contribution in [0.3, 0.4) is 0 Å². The van der Waals surface area contributed by atoms with Gasteiger partial charge in [-0.15, -0.1) is 0 Å². The van der Waals surface area contributed by atoms with Crippen LogP contribution < -0.4 is 10.2 Å². The van der Waals surface area contributed by atoms with Crippen molar-refractivity contribution in [3.63, 3.8) is 0 Å². The Morgan fingerprint density at radius 1 is 1.22 bits per heavy atom. The number of methoxy groups -OCH3 is 1. The molecule has 32 heavy (non-hydrogen) atoms. The standard InChI is InChI=1S/C25H32N4O3/c1-16(32-2)17-11-13-29(14-12-17)21-15-20(25(30)31)28-24(27-19-9-4-3-5-10-19)22(21)23(26)18-7-6-8-18/h3-5,9-10,15-18,26H,6-8,11-14H2,1-2H3,(H,27,28)(H,30,31). The number of rotatable bonds is 8. The van der Waals surface area contributed by atoms with E-state index in [0.717, 1.165) is 62.1 Å². The number of hydrogen-bond acceptors (Lipinski definition) is 6. The molecule has 1 saturated heterocycles. The number of anilines is 3. The summed E-state index contributed by atoms with van der Waals surface area (Å²) in [5.74, 6) is 0.0736. The van der Waals surface area contributed by atoms with Gasteiger partial charge in [-0.1, -0.05) is 24.6 Å². The molecule has 0 bridgehead atoms. The number of carboxylic acid groups (broad SMARTS) is 1. The smallest absolute Gasteiger partial charge is 0.354 e. The zero-order valence-electron chi connectivity index (χ0n) is 18.8. The fourth-order valence-corrected chi connectivity index (χ4v) is 4.61. The number of nitrogens with one attached hydrogen (secondary N) is 2. The van der Waals surface area contributed by atoms with Crippen LogP contribution in [0.15, 0.2) is 36.4 Å². The molecule has 2 aliphatic rings. The third-order valence-electron chi connectivity index (χ3n) is 6.95. The van der Waals surface area contributed by atoms with Crippen LogP contribution in [-0.4, -0.2) is 48.1 Å². The van der Waals surface area contributed by atoms with Gasteiger partial charge in [-0.3, -0.25) is 0 Å². The molecular weight excluding hydrogens is 404 g/mol. The zero-order valence-corrected chi connectivity index (χ0v) is 18.8. The van der Waals surface area contributed by atoms with Gasteiger partial charge >= 0.3 is 5.97 Å². The molecule has 1 aliphatic carbocycles. The van der Waals surface area contributed by atoms with Crippen molar-refractivity contribution in [3.8, 4) is 0 Å². The maximum Gasteiger partial charge on any atom is 0.354 e. The fraction of sp³-hybridized carbons (Fsp3) is 0.480. The minimum absolute atomic E-state index is 0.00373. The third kappa shape index (κ3) is 4.63. The number of para-hydroxylation sites is 1. The normalized spacial score (nSPS) is 18.1. The summed E-state index contributed by atoms with van der Waals surface area (Å²) in [6.45, 7) is 3.71. The fourth-order valence-electron chi connectivity index (χ4n) is 4.61.